The fourth-order valence-electron chi connectivity index (χ4n) is 1.68. The smallest absolute Gasteiger partial charge is 0.313 e. The number of halogens is 3. The molecule has 0 spiro atoms. The average molecular weight is 263 g/mol. The summed E-state index contributed by atoms with van der Waals surface area (Å²) in [5.41, 5.74) is 0.787. The van der Waals surface area contributed by atoms with Crippen molar-refractivity contribution in [1.82, 2.24) is 15.1 Å². The Hall–Kier alpha value is -1.04. The molecule has 0 fully saturated rings. The van der Waals surface area contributed by atoms with Gasteiger partial charge in [0.05, 0.1) is 6.20 Å². The van der Waals surface area contributed by atoms with Crippen molar-refractivity contribution >= 4 is 0 Å². The molecule has 0 unspecified atom stereocenters. The summed E-state index contributed by atoms with van der Waals surface area (Å²) in [6.07, 6.45) is 3.42. The lowest BCUT2D eigenvalue weighted by Gasteiger charge is -2.05. The van der Waals surface area contributed by atoms with Gasteiger partial charge in [0.15, 0.2) is 0 Å². The van der Waals surface area contributed by atoms with Crippen LogP contribution in [-0.2, 0) is 13.1 Å². The van der Waals surface area contributed by atoms with Crippen molar-refractivity contribution in [2.45, 2.75) is 51.9 Å². The van der Waals surface area contributed by atoms with Crippen LogP contribution >= 0.6 is 0 Å². The molecule has 0 bridgehead atoms. The van der Waals surface area contributed by atoms with Crippen LogP contribution in [0.15, 0.2) is 12.4 Å². The van der Waals surface area contributed by atoms with Crippen molar-refractivity contribution in [2.75, 3.05) is 6.54 Å². The van der Waals surface area contributed by atoms with Gasteiger partial charge in [-0.2, -0.15) is 18.3 Å². The highest BCUT2D eigenvalue weighted by molar-refractivity contribution is 5.03. The molecule has 1 rings (SSSR count). The van der Waals surface area contributed by atoms with Gasteiger partial charge in [-0.25, -0.2) is 0 Å². The molecule has 18 heavy (non-hydrogen) atoms. The highest BCUT2D eigenvalue weighted by Crippen LogP contribution is 2.17. The minimum absolute atomic E-state index is 0.573. The first-order valence-corrected chi connectivity index (χ1v) is 6.30. The summed E-state index contributed by atoms with van der Waals surface area (Å²) in [5, 5.41) is 6.89. The van der Waals surface area contributed by atoms with Crippen molar-refractivity contribution in [2.24, 2.45) is 0 Å². The van der Waals surface area contributed by atoms with Crippen LogP contribution < -0.4 is 5.32 Å². The molecule has 0 atom stereocenters. The van der Waals surface area contributed by atoms with Crippen LogP contribution in [0.4, 0.5) is 13.2 Å². The fraction of sp³-hybridized carbons (Fsp3) is 0.750. The number of hydrogen-bond donors (Lipinski definition) is 1. The summed E-state index contributed by atoms with van der Waals surface area (Å²) in [6.45, 7) is 2.60. The Balaban J connectivity index is 2.19. The third kappa shape index (κ3) is 6.64. The Morgan fingerprint density at radius 2 is 2.06 bits per heavy atom. The molecule has 0 aromatic carbocycles. The van der Waals surface area contributed by atoms with Gasteiger partial charge in [-0.3, -0.25) is 4.68 Å². The van der Waals surface area contributed by atoms with E-state index in [1.807, 2.05) is 0 Å². The predicted molar refractivity (Wildman–Crippen MR) is 64.1 cm³/mol. The monoisotopic (exact) mass is 263 g/mol. The maximum Gasteiger partial charge on any atom is 0.408 e. The lowest BCUT2D eigenvalue weighted by molar-refractivity contribution is -0.142. The quantitative estimate of drug-likeness (QED) is 0.730. The molecule has 0 saturated heterocycles. The van der Waals surface area contributed by atoms with Gasteiger partial charge >= 0.3 is 6.18 Å². The molecule has 1 aromatic heterocycles. The van der Waals surface area contributed by atoms with Crippen molar-refractivity contribution in [3.63, 3.8) is 0 Å². The molecular formula is C12H20F3N3. The van der Waals surface area contributed by atoms with Gasteiger partial charge in [0, 0.05) is 18.3 Å². The van der Waals surface area contributed by atoms with E-state index in [4.69, 9.17) is 0 Å². The first kappa shape index (κ1) is 15.0. The van der Waals surface area contributed by atoms with Crippen LogP contribution in [0.5, 0.6) is 0 Å². The highest BCUT2D eigenvalue weighted by atomic mass is 19.4. The van der Waals surface area contributed by atoms with Crippen LogP contribution in [0.25, 0.3) is 0 Å². The van der Waals surface area contributed by atoms with E-state index < -0.39 is 12.7 Å². The molecule has 104 valence electrons. The molecule has 0 aliphatic carbocycles. The van der Waals surface area contributed by atoms with Crippen LogP contribution in [0, 0.1) is 0 Å². The lowest BCUT2D eigenvalue weighted by Crippen LogP contribution is -2.18. The first-order valence-electron chi connectivity index (χ1n) is 6.30. The second-order valence-electron chi connectivity index (χ2n) is 4.40. The topological polar surface area (TPSA) is 29.9 Å². The maximum absolute atomic E-state index is 12.1. The number of aromatic nitrogens is 2. The van der Waals surface area contributed by atoms with Crippen molar-refractivity contribution in [1.29, 1.82) is 0 Å². The molecule has 6 heteroatoms. The molecular weight excluding hydrogens is 243 g/mol. The zero-order chi connectivity index (χ0) is 13.4. The molecule has 0 radical (unpaired) electrons. The number of unbranched alkanes of at least 4 members (excludes halogenated alkanes) is 3. The van der Waals surface area contributed by atoms with Gasteiger partial charge in [-0.15, -0.1) is 0 Å². The van der Waals surface area contributed by atoms with Gasteiger partial charge in [-0.1, -0.05) is 26.2 Å². The van der Waals surface area contributed by atoms with E-state index in [-0.39, 0.29) is 0 Å². The second kappa shape index (κ2) is 7.41. The van der Waals surface area contributed by atoms with Crippen LogP contribution in [-0.4, -0.2) is 22.5 Å². The Morgan fingerprint density at radius 1 is 1.28 bits per heavy atom. The van der Waals surface area contributed by atoms with Crippen LogP contribution in [0.2, 0.25) is 0 Å². The minimum Gasteiger partial charge on any atom is -0.313 e. The second-order valence-corrected chi connectivity index (χ2v) is 4.40. The number of nitrogens with zero attached hydrogens (tertiary/aromatic N) is 2. The summed E-state index contributed by atoms with van der Waals surface area (Å²) < 4.78 is 37.2. The third-order valence-corrected chi connectivity index (χ3v) is 2.56. The van der Waals surface area contributed by atoms with Crippen LogP contribution in [0.1, 0.15) is 38.2 Å². The Bertz CT molecular complexity index is 334. The van der Waals surface area contributed by atoms with Gasteiger partial charge < -0.3 is 5.32 Å². The first-order chi connectivity index (χ1) is 8.51. The van der Waals surface area contributed by atoms with E-state index in [1.54, 1.807) is 0 Å². The molecule has 0 amide bonds. The predicted octanol–water partition coefficient (Wildman–Crippen LogP) is 3.12. The number of alkyl halides is 3. The Kier molecular flexibility index (Phi) is 6.18. The molecule has 1 heterocycles. The largest absolute Gasteiger partial charge is 0.408 e. The van der Waals surface area contributed by atoms with E-state index in [0.717, 1.165) is 23.2 Å². The Morgan fingerprint density at radius 3 is 2.72 bits per heavy atom. The fourth-order valence-corrected chi connectivity index (χ4v) is 1.68. The molecule has 1 aromatic rings. The molecule has 3 nitrogen and oxygen atoms in total. The van der Waals surface area contributed by atoms with Gasteiger partial charge in [-0.05, 0) is 13.0 Å². The van der Waals surface area contributed by atoms with Gasteiger partial charge in [0.1, 0.15) is 6.54 Å². The molecule has 0 saturated carbocycles. The zero-order valence-electron chi connectivity index (χ0n) is 10.6. The summed E-state index contributed by atoms with van der Waals surface area (Å²) in [4.78, 5) is 0. The van der Waals surface area contributed by atoms with Gasteiger partial charge in [0.25, 0.3) is 0 Å². The molecule has 1 N–H and O–H groups in total. The minimum atomic E-state index is -4.21. The molecule has 0 aliphatic heterocycles. The summed E-state index contributed by atoms with van der Waals surface area (Å²) in [7, 11) is 0. The van der Waals surface area contributed by atoms with Crippen LogP contribution in [0.3, 0.4) is 0 Å². The van der Waals surface area contributed by atoms with Crippen molar-refractivity contribution in [3.05, 3.63) is 18.0 Å². The average Bonchev–Trinajstić information content (AvgIpc) is 2.68. The summed E-state index contributed by atoms with van der Waals surface area (Å²) in [5.74, 6) is 0. The van der Waals surface area contributed by atoms with E-state index in [9.17, 15) is 13.2 Å². The van der Waals surface area contributed by atoms with Gasteiger partial charge in [0.2, 0.25) is 0 Å². The SMILES string of the molecule is CCCCCCNCc1cnn(CC(F)(F)F)c1. The molecule has 0 aliphatic rings. The summed E-state index contributed by atoms with van der Waals surface area (Å²) in [6, 6.07) is 0. The highest BCUT2D eigenvalue weighted by Gasteiger charge is 2.28. The number of nitrogens with one attached hydrogen (secondary N) is 1. The Labute approximate surface area is 105 Å². The van der Waals surface area contributed by atoms with E-state index in [2.05, 4.69) is 17.3 Å². The van der Waals surface area contributed by atoms with E-state index in [1.165, 1.54) is 31.7 Å². The number of rotatable bonds is 8. The zero-order valence-corrected chi connectivity index (χ0v) is 10.6. The third-order valence-electron chi connectivity index (χ3n) is 2.56. The van der Waals surface area contributed by atoms with E-state index >= 15 is 0 Å². The standard InChI is InChI=1S/C12H20F3N3/c1-2-3-4-5-6-16-7-11-8-17-18(9-11)10-12(13,14)15/h8-9,16H,2-7,10H2,1H3. The normalized spacial score (nSPS) is 12.0. The van der Waals surface area contributed by atoms with E-state index in [0.29, 0.717) is 6.54 Å². The van der Waals surface area contributed by atoms with Crippen molar-refractivity contribution in [3.8, 4) is 0 Å². The maximum atomic E-state index is 12.1. The number of hydrogen-bond acceptors (Lipinski definition) is 2. The van der Waals surface area contributed by atoms with Crippen molar-refractivity contribution < 1.29 is 13.2 Å². The lowest BCUT2D eigenvalue weighted by atomic mass is 10.2. The summed E-state index contributed by atoms with van der Waals surface area (Å²) >= 11 is 0.